The molecule has 0 saturated heterocycles. The Balaban J connectivity index is 2.06. The maximum Gasteiger partial charge on any atom is 0.160 e. The first kappa shape index (κ1) is 14.8. The van der Waals surface area contributed by atoms with Gasteiger partial charge in [-0.3, -0.25) is 0 Å². The first-order chi connectivity index (χ1) is 9.96. The van der Waals surface area contributed by atoms with E-state index in [1.807, 2.05) is 32.2 Å². The third-order valence-electron chi connectivity index (χ3n) is 4.64. The number of alkyl halides is 1. The zero-order valence-electron chi connectivity index (χ0n) is 13.0. The maximum absolute atomic E-state index is 6.35. The molecule has 3 rings (SSSR count). The minimum absolute atomic E-state index is 0.0572. The lowest BCUT2D eigenvalue weighted by Gasteiger charge is -2.52. The van der Waals surface area contributed by atoms with Crippen molar-refractivity contribution in [2.75, 3.05) is 6.61 Å². The Labute approximate surface area is 130 Å². The Hall–Kier alpha value is -1.13. The fourth-order valence-corrected chi connectivity index (χ4v) is 3.48. The fraction of sp³-hybridized carbons (Fsp3) is 0.625. The predicted octanol–water partition coefficient (Wildman–Crippen LogP) is 4.11. The molecule has 1 aliphatic carbocycles. The normalized spacial score (nSPS) is 25.8. The summed E-state index contributed by atoms with van der Waals surface area (Å²) in [6, 6.07) is 4.23. The van der Waals surface area contributed by atoms with Gasteiger partial charge in [0.25, 0.3) is 0 Å². The van der Waals surface area contributed by atoms with E-state index in [1.165, 1.54) is 0 Å². The van der Waals surface area contributed by atoms with Crippen molar-refractivity contribution in [3.63, 3.8) is 0 Å². The quantitative estimate of drug-likeness (QED) is 0.798. The van der Waals surface area contributed by atoms with Gasteiger partial charge < -0.3 is 9.30 Å². The van der Waals surface area contributed by atoms with Crippen molar-refractivity contribution in [1.29, 1.82) is 0 Å². The molecule has 1 aliphatic rings. The van der Waals surface area contributed by atoms with Crippen molar-refractivity contribution in [1.82, 2.24) is 14.5 Å². The number of hydrogen-bond donors (Lipinski definition) is 0. The lowest BCUT2D eigenvalue weighted by molar-refractivity contribution is -0.127. The highest BCUT2D eigenvalue weighted by atomic mass is 35.5. The molecule has 2 aromatic heterocycles. The molecule has 0 bridgehead atoms. The molecule has 5 heteroatoms. The zero-order valence-corrected chi connectivity index (χ0v) is 13.8. The number of imidazole rings is 1. The van der Waals surface area contributed by atoms with Crippen molar-refractivity contribution in [3.05, 3.63) is 24.2 Å². The van der Waals surface area contributed by atoms with Crippen LogP contribution in [0.2, 0.25) is 0 Å². The molecule has 3 unspecified atom stereocenters. The minimum atomic E-state index is -0.138. The van der Waals surface area contributed by atoms with Gasteiger partial charge in [-0.1, -0.05) is 13.8 Å². The monoisotopic (exact) mass is 307 g/mol. The van der Waals surface area contributed by atoms with Gasteiger partial charge >= 0.3 is 0 Å². The molecular formula is C16H22ClN3O. The number of rotatable bonds is 4. The molecule has 114 valence electrons. The number of pyridine rings is 1. The Morgan fingerprint density at radius 1 is 1.52 bits per heavy atom. The van der Waals surface area contributed by atoms with Gasteiger partial charge in [-0.25, -0.2) is 9.97 Å². The van der Waals surface area contributed by atoms with Crippen molar-refractivity contribution < 1.29 is 4.74 Å². The second kappa shape index (κ2) is 5.25. The molecular weight excluding hydrogens is 286 g/mol. The summed E-state index contributed by atoms with van der Waals surface area (Å²) in [6.07, 6.45) is 3.08. The van der Waals surface area contributed by atoms with Crippen LogP contribution >= 0.6 is 11.6 Å². The van der Waals surface area contributed by atoms with E-state index in [9.17, 15) is 0 Å². The van der Waals surface area contributed by atoms with Crippen LogP contribution < -0.4 is 0 Å². The summed E-state index contributed by atoms with van der Waals surface area (Å²) in [5.41, 5.74) is 1.89. The Kier molecular flexibility index (Phi) is 3.70. The maximum atomic E-state index is 6.35. The first-order valence-electron chi connectivity index (χ1n) is 7.55. The van der Waals surface area contributed by atoms with Gasteiger partial charge in [-0.2, -0.15) is 0 Å². The largest absolute Gasteiger partial charge is 0.378 e. The van der Waals surface area contributed by atoms with E-state index in [-0.39, 0.29) is 16.9 Å². The van der Waals surface area contributed by atoms with Crippen molar-refractivity contribution >= 4 is 22.8 Å². The smallest absolute Gasteiger partial charge is 0.160 e. The van der Waals surface area contributed by atoms with Gasteiger partial charge in [0.2, 0.25) is 0 Å². The lowest BCUT2D eigenvalue weighted by Crippen LogP contribution is -2.51. The van der Waals surface area contributed by atoms with Gasteiger partial charge in [0.05, 0.1) is 11.5 Å². The predicted molar refractivity (Wildman–Crippen MR) is 84.6 cm³/mol. The van der Waals surface area contributed by atoms with Crippen LogP contribution in [0.5, 0.6) is 0 Å². The molecule has 4 nitrogen and oxygen atoms in total. The topological polar surface area (TPSA) is 39.9 Å². The van der Waals surface area contributed by atoms with Crippen LogP contribution in [0.15, 0.2) is 18.3 Å². The molecule has 3 atom stereocenters. The average molecular weight is 308 g/mol. The summed E-state index contributed by atoms with van der Waals surface area (Å²) < 4.78 is 8.07. The van der Waals surface area contributed by atoms with Gasteiger partial charge in [-0.05, 0) is 32.4 Å². The highest BCUT2D eigenvalue weighted by Crippen LogP contribution is 2.53. The summed E-state index contributed by atoms with van der Waals surface area (Å²) in [4.78, 5) is 9.20. The van der Waals surface area contributed by atoms with Crippen LogP contribution in [0.4, 0.5) is 0 Å². The second-order valence-electron chi connectivity index (χ2n) is 6.32. The van der Waals surface area contributed by atoms with Gasteiger partial charge in [-0.15, -0.1) is 11.6 Å². The number of hydrogen-bond acceptors (Lipinski definition) is 3. The molecule has 0 aromatic carbocycles. The van der Waals surface area contributed by atoms with Crippen LogP contribution in [-0.2, 0) is 4.74 Å². The van der Waals surface area contributed by atoms with Crippen LogP contribution in [0.3, 0.4) is 0 Å². The van der Waals surface area contributed by atoms with Gasteiger partial charge in [0.1, 0.15) is 11.3 Å². The second-order valence-corrected chi connectivity index (χ2v) is 6.97. The molecule has 1 fully saturated rings. The Morgan fingerprint density at radius 2 is 2.29 bits per heavy atom. The van der Waals surface area contributed by atoms with E-state index in [0.717, 1.165) is 30.0 Å². The molecule has 21 heavy (non-hydrogen) atoms. The number of nitrogens with zero attached hydrogens (tertiary/aromatic N) is 3. The van der Waals surface area contributed by atoms with E-state index in [4.69, 9.17) is 16.3 Å². The van der Waals surface area contributed by atoms with Crippen molar-refractivity contribution in [2.24, 2.45) is 5.41 Å². The summed E-state index contributed by atoms with van der Waals surface area (Å²) in [6.45, 7) is 9.26. The number of ether oxygens (including phenoxy) is 1. The van der Waals surface area contributed by atoms with Gasteiger partial charge in [0.15, 0.2) is 5.65 Å². The van der Waals surface area contributed by atoms with Gasteiger partial charge in [0, 0.05) is 24.3 Å². The summed E-state index contributed by atoms with van der Waals surface area (Å²) in [7, 11) is 0. The summed E-state index contributed by atoms with van der Waals surface area (Å²) in [5, 5.41) is -0.138. The molecule has 0 spiro atoms. The van der Waals surface area contributed by atoms with Crippen LogP contribution in [-0.4, -0.2) is 27.2 Å². The van der Waals surface area contributed by atoms with E-state index in [2.05, 4.69) is 28.4 Å². The lowest BCUT2D eigenvalue weighted by atomic mass is 9.64. The van der Waals surface area contributed by atoms with E-state index >= 15 is 0 Å². The van der Waals surface area contributed by atoms with Crippen molar-refractivity contribution in [2.45, 2.75) is 51.6 Å². The molecule has 0 amide bonds. The number of halogens is 1. The molecule has 1 saturated carbocycles. The number of aromatic nitrogens is 3. The zero-order chi connectivity index (χ0) is 15.2. The van der Waals surface area contributed by atoms with Crippen LogP contribution in [0.1, 0.15) is 51.4 Å². The van der Waals surface area contributed by atoms with Crippen LogP contribution in [0, 0.1) is 5.41 Å². The molecule has 0 aliphatic heterocycles. The minimum Gasteiger partial charge on any atom is -0.378 e. The molecule has 0 N–H and O–H groups in total. The van der Waals surface area contributed by atoms with E-state index < -0.39 is 0 Å². The standard InChI is InChI=1S/C16H22ClN3O/c1-5-21-13-9-12(16(13,3)4)20-14(10(2)17)19-11-7-6-8-18-15(11)20/h6-8,10,12-13H,5,9H2,1-4H3. The average Bonchev–Trinajstić information content (AvgIpc) is 2.82. The SMILES string of the molecule is CCOC1CC(n2c(C(C)Cl)nc3cccnc32)C1(C)C. The van der Waals surface area contributed by atoms with Crippen LogP contribution in [0.25, 0.3) is 11.2 Å². The first-order valence-corrected chi connectivity index (χ1v) is 7.99. The number of fused-ring (bicyclic) bond motifs is 1. The Morgan fingerprint density at radius 3 is 2.90 bits per heavy atom. The highest BCUT2D eigenvalue weighted by molar-refractivity contribution is 6.20. The molecule has 0 radical (unpaired) electrons. The third-order valence-corrected chi connectivity index (χ3v) is 4.83. The molecule has 2 heterocycles. The molecule has 2 aromatic rings. The third kappa shape index (κ3) is 2.25. The highest BCUT2D eigenvalue weighted by Gasteiger charge is 2.51. The Bertz CT molecular complexity index is 650. The van der Waals surface area contributed by atoms with E-state index in [0.29, 0.717) is 6.04 Å². The summed E-state index contributed by atoms with van der Waals surface area (Å²) in [5.74, 6) is 0.901. The van der Waals surface area contributed by atoms with Crippen molar-refractivity contribution in [3.8, 4) is 0 Å². The van der Waals surface area contributed by atoms with E-state index in [1.54, 1.807) is 0 Å². The summed E-state index contributed by atoms with van der Waals surface area (Å²) >= 11 is 6.35. The fourth-order valence-electron chi connectivity index (χ4n) is 3.32.